The molecule has 24 atom stereocenters. The molecule has 0 saturated carbocycles. The van der Waals surface area contributed by atoms with Gasteiger partial charge in [-0.2, -0.15) is 0 Å². The van der Waals surface area contributed by atoms with Crippen LogP contribution in [-0.4, -0.2) is 366 Å². The van der Waals surface area contributed by atoms with Crippen molar-refractivity contribution in [3.05, 3.63) is 0 Å². The average Bonchev–Trinajstić information content (AvgIpc) is 1.61. The number of carbonyl (C=O) groups excluding carboxylic acids is 8. The summed E-state index contributed by atoms with van der Waals surface area (Å²) in [5.41, 5.74) is -7.21. The maximum atomic E-state index is 13.9. The van der Waals surface area contributed by atoms with Crippen molar-refractivity contribution in [1.29, 1.82) is 0 Å². The average molecular weight is 1890 g/mol. The van der Waals surface area contributed by atoms with Crippen LogP contribution in [0.2, 0.25) is 0 Å². The lowest BCUT2D eigenvalue weighted by molar-refractivity contribution is -0.249. The number of amides is 1. The lowest BCUT2D eigenvalue weighted by atomic mass is 9.93. The summed E-state index contributed by atoms with van der Waals surface area (Å²) >= 11 is 0. The molecule has 0 spiro atoms. The number of aliphatic hydroxyl groups excluding tert-OH is 2. The molecule has 0 bridgehead atoms. The Hall–Kier alpha value is -5.80. The minimum Gasteiger partial charge on any atom is -0.464 e. The quantitative estimate of drug-likeness (QED) is 0.0515. The van der Waals surface area contributed by atoms with Gasteiger partial charge in [0.15, 0.2) is 70.7 Å². The number of aliphatic hydroxyl groups is 2. The van der Waals surface area contributed by atoms with Crippen molar-refractivity contribution in [1.82, 2.24) is 15.1 Å². The second kappa shape index (κ2) is 46.1. The van der Waals surface area contributed by atoms with E-state index in [1.54, 1.807) is 118 Å². The number of unbranched alkanes of at least 4 members (excludes halogenated alkanes) is 1. The highest BCUT2D eigenvalue weighted by Gasteiger charge is 2.66. The van der Waals surface area contributed by atoms with Gasteiger partial charge in [-0.1, -0.05) is 54.9 Å². The molecule has 0 aliphatic carbocycles. The summed E-state index contributed by atoms with van der Waals surface area (Å²) in [7, 11) is 12.6. The van der Waals surface area contributed by atoms with Crippen molar-refractivity contribution in [3.63, 3.8) is 0 Å². The molecule has 43 heteroatoms. The summed E-state index contributed by atoms with van der Waals surface area (Å²) in [6.07, 6.45) is -17.2. The van der Waals surface area contributed by atoms with E-state index in [-0.39, 0.29) is 40.3 Å². The SMILES string of the molecule is C.CC.CCC(=O)OCC(C)(COC(=O)OCC(C)(CO)C(=O)OC1O[C@H](C2COC(C)(C)O2)[C@@H]2OC(C)(C)O[C@H]12)C(=O)OC1O[C@H](C2COC(C)(C)O2)[C@@H]2OC(C)(C)O[C@H]12.CCCC.CN(C)C.CN(C)C(=O)OCC(C)(COC(=O)OCC(C)(CO)C(=O)OC1O[C@H](C2COC(C)(C)O2)[C@@H]2OC(C)(C)O[C@H]12)C(=O)OC1O[C@H](C2COC(C)(C)O2)[C@@H]2OC(C)(C)O[C@H]12.CNC. The van der Waals surface area contributed by atoms with Crippen LogP contribution in [0.4, 0.5) is 14.4 Å². The predicted octanol–water partition coefficient (Wildman–Crippen LogP) is 7.18. The minimum absolute atomic E-state index is 0. The minimum atomic E-state index is -1.82. The standard InChI is InChI=1S/C38H59NO20.C38H58O20.C4H10.C3H9N.C2H7N.C2H6.CH4/c1-33(2)48-13-19(54-33)21-23-25(58-35(5,6)56-23)27(50-21)52-29(41)37(9,15-40)16-46-32(44)47-18-38(10,17-45-31(43)39(11)12)30(42)53-28-26-24(57-36(7,8)59-26)22(51-28)20-14-49-34(3,4)55-20;1-12-21(40)44-17-38(11,31(42)52-29-27-25(56-36(8,9)58-27)23(50-29)20-14-48-34(4,5)54-20)18-46-32(43)45-16-37(10,15-39)30(41)51-28-26-24(55-35(6,7)57-26)22(49-28)19-13-47-33(2,3)53-19;1-3-4-2;1-4(2)3;1-3-2;1-2;/h19-28,40H,13-18H2,1-12H3;19-20,22-29,39H,12-18H2,1-11H3;3-4H2,1-2H3;1-3H3;3H,1-2H3;1-2H3;1H4/t19?,20?,21-,22-,23+,24+,25+,26+,27?,28?,37?,38?;19?,20?,22-,23-,24+,25+,26+,27+,28?,29?,37?,38?;;;;;/m11...../s1. The molecule has 0 aromatic heterocycles. The number of nitrogens with one attached hydrogen (secondary N) is 1. The molecule has 12 heterocycles. The number of rotatable bonds is 28. The van der Waals surface area contributed by atoms with Gasteiger partial charge < -0.3 is 167 Å². The molecule has 0 aromatic carbocycles. The molecule has 1 amide bonds. The molecular weight excluding hydrogens is 1740 g/mol. The fourth-order valence-corrected chi connectivity index (χ4v) is 14.7. The largest absolute Gasteiger partial charge is 0.508 e. The number of carbonyl (C=O) groups is 8. The van der Waals surface area contributed by atoms with Crippen LogP contribution in [0.3, 0.4) is 0 Å². The molecule has 12 fully saturated rings. The second-order valence-corrected chi connectivity index (χ2v) is 38.7. The monoisotopic (exact) mass is 1890 g/mol. The van der Waals surface area contributed by atoms with Gasteiger partial charge in [0.05, 0.1) is 39.6 Å². The van der Waals surface area contributed by atoms with E-state index in [4.69, 9.17) is 142 Å². The zero-order valence-corrected chi connectivity index (χ0v) is 82.0. The van der Waals surface area contributed by atoms with E-state index < -0.39 is 292 Å². The summed E-state index contributed by atoms with van der Waals surface area (Å²) in [6.45, 7) is 38.2. The third kappa shape index (κ3) is 30.4. The summed E-state index contributed by atoms with van der Waals surface area (Å²) in [4.78, 5) is 109. The maximum absolute atomic E-state index is 13.9. The van der Waals surface area contributed by atoms with Crippen molar-refractivity contribution >= 4 is 48.3 Å². The first-order valence-corrected chi connectivity index (χ1v) is 44.3. The molecule has 43 nitrogen and oxygen atoms in total. The van der Waals surface area contributed by atoms with E-state index in [9.17, 15) is 48.6 Å². The molecule has 3 N–H and O–H groups in total. The van der Waals surface area contributed by atoms with E-state index in [1.807, 2.05) is 54.0 Å². The molecule has 12 aliphatic heterocycles. The molecule has 12 unspecified atom stereocenters. The summed E-state index contributed by atoms with van der Waals surface area (Å²) in [5.74, 6) is -12.1. The Kier molecular flexibility index (Phi) is 40.1. The zero-order chi connectivity index (χ0) is 97.8. The molecular formula is C88H153N3O40. The number of nitrogens with zero attached hydrogens (tertiary/aromatic N) is 2. The van der Waals surface area contributed by atoms with Gasteiger partial charge in [0.1, 0.15) is 135 Å². The van der Waals surface area contributed by atoms with Crippen LogP contribution in [0.5, 0.6) is 0 Å². The second-order valence-electron chi connectivity index (χ2n) is 38.7. The smallest absolute Gasteiger partial charge is 0.464 e. The van der Waals surface area contributed by atoms with E-state index in [1.165, 1.54) is 54.6 Å². The third-order valence-corrected chi connectivity index (χ3v) is 21.6. The fraction of sp³-hybridized carbons (Fsp3) is 0.909. The highest BCUT2D eigenvalue weighted by atomic mass is 16.9. The molecule has 131 heavy (non-hydrogen) atoms. The molecule has 12 saturated heterocycles. The van der Waals surface area contributed by atoms with Gasteiger partial charge in [0.25, 0.3) is 0 Å². The first-order chi connectivity index (χ1) is 60.2. The van der Waals surface area contributed by atoms with Gasteiger partial charge in [0.2, 0.25) is 25.2 Å². The Morgan fingerprint density at radius 2 is 0.542 bits per heavy atom. The van der Waals surface area contributed by atoms with E-state index in [2.05, 4.69) is 19.2 Å². The van der Waals surface area contributed by atoms with E-state index in [0.717, 1.165) is 4.90 Å². The Morgan fingerprint density at radius 1 is 0.336 bits per heavy atom. The van der Waals surface area contributed by atoms with Crippen molar-refractivity contribution < 1.29 is 191 Å². The van der Waals surface area contributed by atoms with Crippen LogP contribution in [-0.2, 0) is 166 Å². The zero-order valence-electron chi connectivity index (χ0n) is 82.0. The molecule has 760 valence electrons. The van der Waals surface area contributed by atoms with Crippen molar-refractivity contribution in [2.75, 3.05) is 129 Å². The van der Waals surface area contributed by atoms with Crippen molar-refractivity contribution in [2.45, 2.75) is 369 Å². The lowest BCUT2D eigenvalue weighted by Crippen LogP contribution is -2.45. The molecule has 0 aromatic rings. The van der Waals surface area contributed by atoms with Gasteiger partial charge in [-0.05, 0) is 174 Å². The van der Waals surface area contributed by atoms with Gasteiger partial charge in [0, 0.05) is 20.5 Å². The van der Waals surface area contributed by atoms with Crippen LogP contribution < -0.4 is 5.32 Å². The van der Waals surface area contributed by atoms with Gasteiger partial charge in [-0.15, -0.1) is 0 Å². The Balaban J connectivity index is 0.000000354. The Bertz CT molecular complexity index is 3710. The van der Waals surface area contributed by atoms with E-state index in [0.29, 0.717) is 0 Å². The Labute approximate surface area is 770 Å². The first kappa shape index (κ1) is 114. The number of hydrogen-bond acceptors (Lipinski definition) is 42. The van der Waals surface area contributed by atoms with Crippen LogP contribution in [0, 0.1) is 21.7 Å². The summed E-state index contributed by atoms with van der Waals surface area (Å²) in [6, 6.07) is 0. The predicted molar refractivity (Wildman–Crippen MR) is 455 cm³/mol. The molecule has 12 rings (SSSR count). The third-order valence-electron chi connectivity index (χ3n) is 21.6. The summed E-state index contributed by atoms with van der Waals surface area (Å²) in [5, 5.41) is 23.4. The van der Waals surface area contributed by atoms with Gasteiger partial charge >= 0.3 is 48.3 Å². The Morgan fingerprint density at radius 3 is 0.740 bits per heavy atom. The number of esters is 5. The van der Waals surface area contributed by atoms with Crippen LogP contribution in [0.25, 0.3) is 0 Å². The van der Waals surface area contributed by atoms with Gasteiger partial charge in [-0.25, -0.2) is 14.4 Å². The topological polar surface area (TPSA) is 472 Å². The van der Waals surface area contributed by atoms with Crippen LogP contribution in [0.15, 0.2) is 0 Å². The normalized spacial score (nSPS) is 33.7. The fourth-order valence-electron chi connectivity index (χ4n) is 14.7. The van der Waals surface area contributed by atoms with E-state index >= 15 is 0 Å². The lowest BCUT2D eigenvalue weighted by Gasteiger charge is -2.30. The van der Waals surface area contributed by atoms with Gasteiger partial charge in [-0.3, -0.25) is 24.0 Å². The highest BCUT2D eigenvalue weighted by Crippen LogP contribution is 2.49. The molecule has 0 radical (unpaired) electrons. The first-order valence-electron chi connectivity index (χ1n) is 44.3. The number of ether oxygens (including phenoxy) is 30. The van der Waals surface area contributed by atoms with Crippen molar-refractivity contribution in [3.8, 4) is 0 Å². The van der Waals surface area contributed by atoms with Crippen LogP contribution >= 0.6 is 0 Å². The number of hydrogen-bond donors (Lipinski definition) is 3. The number of fused-ring (bicyclic) bond motifs is 4. The molecule has 12 aliphatic rings. The summed E-state index contributed by atoms with van der Waals surface area (Å²) < 4.78 is 175. The van der Waals surface area contributed by atoms with Crippen molar-refractivity contribution in [2.24, 2.45) is 21.7 Å². The maximum Gasteiger partial charge on any atom is 0.508 e. The highest BCUT2D eigenvalue weighted by molar-refractivity contribution is 5.80. The van der Waals surface area contributed by atoms with Crippen LogP contribution in [0.1, 0.15) is 200 Å².